The van der Waals surface area contributed by atoms with Gasteiger partial charge in [0.15, 0.2) is 0 Å². The number of methoxy groups -OCH3 is 1. The fourth-order valence-electron chi connectivity index (χ4n) is 2.23. The van der Waals surface area contributed by atoms with Crippen LogP contribution in [0, 0.1) is 5.92 Å². The van der Waals surface area contributed by atoms with Crippen LogP contribution in [0.15, 0.2) is 24.3 Å². The van der Waals surface area contributed by atoms with Crippen molar-refractivity contribution in [3.8, 4) is 0 Å². The summed E-state index contributed by atoms with van der Waals surface area (Å²) >= 11 is 0. The average Bonchev–Trinajstić information content (AvgIpc) is 2.36. The summed E-state index contributed by atoms with van der Waals surface area (Å²) in [6.45, 7) is 8.66. The fourth-order valence-corrected chi connectivity index (χ4v) is 2.23. The van der Waals surface area contributed by atoms with E-state index in [9.17, 15) is 0 Å². The lowest BCUT2D eigenvalue weighted by Crippen LogP contribution is -2.39. The second-order valence-electron chi connectivity index (χ2n) is 5.69. The third-order valence-electron chi connectivity index (χ3n) is 3.78. The van der Waals surface area contributed by atoms with E-state index in [4.69, 9.17) is 10.5 Å². The van der Waals surface area contributed by atoms with Gasteiger partial charge in [-0.15, -0.1) is 0 Å². The minimum atomic E-state index is -0.295. The molecule has 0 aliphatic carbocycles. The van der Waals surface area contributed by atoms with E-state index in [0.29, 0.717) is 5.92 Å². The van der Waals surface area contributed by atoms with E-state index in [1.165, 1.54) is 11.1 Å². The van der Waals surface area contributed by atoms with E-state index < -0.39 is 0 Å². The molecule has 0 aliphatic heterocycles. The van der Waals surface area contributed by atoms with Gasteiger partial charge in [0.1, 0.15) is 0 Å². The van der Waals surface area contributed by atoms with Crippen molar-refractivity contribution in [1.82, 2.24) is 0 Å². The minimum Gasteiger partial charge on any atom is -0.377 e. The topological polar surface area (TPSA) is 35.2 Å². The average molecular weight is 249 g/mol. The lowest BCUT2D eigenvalue weighted by atomic mass is 9.87. The maximum absolute atomic E-state index is 6.37. The van der Waals surface area contributed by atoms with Crippen LogP contribution < -0.4 is 5.73 Å². The van der Waals surface area contributed by atoms with Crippen molar-refractivity contribution in [2.45, 2.75) is 52.2 Å². The Morgan fingerprint density at radius 3 is 2.50 bits per heavy atom. The molecule has 0 fully saturated rings. The Kier molecular flexibility index (Phi) is 5.36. The van der Waals surface area contributed by atoms with Gasteiger partial charge in [-0.1, -0.05) is 45.0 Å². The zero-order chi connectivity index (χ0) is 13.8. The van der Waals surface area contributed by atoms with E-state index in [-0.39, 0.29) is 11.6 Å². The summed E-state index contributed by atoms with van der Waals surface area (Å²) in [4.78, 5) is 0. The summed E-state index contributed by atoms with van der Waals surface area (Å²) in [6, 6.07) is 8.50. The van der Waals surface area contributed by atoms with Gasteiger partial charge in [-0.3, -0.25) is 0 Å². The van der Waals surface area contributed by atoms with Crippen LogP contribution >= 0.6 is 0 Å². The van der Waals surface area contributed by atoms with Crippen LogP contribution in [0.1, 0.15) is 51.3 Å². The molecule has 0 aliphatic rings. The van der Waals surface area contributed by atoms with Gasteiger partial charge in [0, 0.05) is 7.11 Å². The van der Waals surface area contributed by atoms with Crippen LogP contribution in [0.3, 0.4) is 0 Å². The normalized spacial score (nSPS) is 16.6. The van der Waals surface area contributed by atoms with Crippen LogP contribution in [-0.4, -0.2) is 12.7 Å². The van der Waals surface area contributed by atoms with Gasteiger partial charge in [0.05, 0.1) is 11.6 Å². The molecule has 0 radical (unpaired) electrons. The van der Waals surface area contributed by atoms with E-state index in [1.807, 2.05) is 0 Å². The molecular weight excluding hydrogens is 222 g/mol. The highest BCUT2D eigenvalue weighted by Crippen LogP contribution is 2.30. The first kappa shape index (κ1) is 15.2. The summed E-state index contributed by atoms with van der Waals surface area (Å²) in [5.74, 6) is 0.663. The third kappa shape index (κ3) is 3.56. The maximum Gasteiger partial charge on any atom is 0.0839 e. The molecule has 0 saturated carbocycles. The number of nitrogens with two attached hydrogens (primary N) is 1. The van der Waals surface area contributed by atoms with E-state index in [2.05, 4.69) is 52.0 Å². The number of benzene rings is 1. The number of hydrogen-bond acceptors (Lipinski definition) is 2. The lowest BCUT2D eigenvalue weighted by Gasteiger charge is -2.33. The van der Waals surface area contributed by atoms with Crippen LogP contribution in [-0.2, 0) is 11.2 Å². The Labute approximate surface area is 112 Å². The standard InChI is InChI=1S/C16H27NO/c1-6-16(4,18-5)15(17)14-9-7-8-13(11-14)10-12(2)3/h7-9,11-12,15H,6,10,17H2,1-5H3. The summed E-state index contributed by atoms with van der Waals surface area (Å²) in [5, 5.41) is 0. The minimum absolute atomic E-state index is 0.0837. The second-order valence-corrected chi connectivity index (χ2v) is 5.69. The highest BCUT2D eigenvalue weighted by atomic mass is 16.5. The maximum atomic E-state index is 6.37. The SMILES string of the molecule is CCC(C)(OC)C(N)c1cccc(CC(C)C)c1. The summed E-state index contributed by atoms with van der Waals surface area (Å²) in [7, 11) is 1.74. The van der Waals surface area contributed by atoms with Crippen molar-refractivity contribution in [2.24, 2.45) is 11.7 Å². The Morgan fingerprint density at radius 2 is 2.00 bits per heavy atom. The molecule has 0 saturated heterocycles. The zero-order valence-corrected chi connectivity index (χ0v) is 12.4. The Balaban J connectivity index is 2.95. The molecule has 2 nitrogen and oxygen atoms in total. The zero-order valence-electron chi connectivity index (χ0n) is 12.4. The highest BCUT2D eigenvalue weighted by Gasteiger charge is 2.30. The van der Waals surface area contributed by atoms with E-state index in [0.717, 1.165) is 12.8 Å². The molecule has 0 aromatic heterocycles. The Hall–Kier alpha value is -0.860. The van der Waals surface area contributed by atoms with Crippen molar-refractivity contribution >= 4 is 0 Å². The molecule has 18 heavy (non-hydrogen) atoms. The Bertz CT molecular complexity index is 369. The predicted molar refractivity (Wildman–Crippen MR) is 77.6 cm³/mol. The number of hydrogen-bond donors (Lipinski definition) is 1. The summed E-state index contributed by atoms with van der Waals surface area (Å²) in [5.41, 5.74) is 8.59. The highest BCUT2D eigenvalue weighted by molar-refractivity contribution is 5.28. The van der Waals surface area contributed by atoms with E-state index >= 15 is 0 Å². The molecule has 0 amide bonds. The first-order valence-electron chi connectivity index (χ1n) is 6.82. The number of rotatable bonds is 6. The molecule has 0 spiro atoms. The predicted octanol–water partition coefficient (Wildman–Crippen LogP) is 3.70. The first-order valence-corrected chi connectivity index (χ1v) is 6.82. The van der Waals surface area contributed by atoms with Crippen molar-refractivity contribution in [3.63, 3.8) is 0 Å². The van der Waals surface area contributed by atoms with Crippen molar-refractivity contribution < 1.29 is 4.74 Å². The molecule has 0 bridgehead atoms. The second kappa shape index (κ2) is 6.35. The van der Waals surface area contributed by atoms with Gasteiger partial charge in [-0.25, -0.2) is 0 Å². The summed E-state index contributed by atoms with van der Waals surface area (Å²) < 4.78 is 5.60. The number of ether oxygens (including phenoxy) is 1. The molecule has 0 heterocycles. The lowest BCUT2D eigenvalue weighted by molar-refractivity contribution is -0.0194. The molecule has 2 unspecified atom stereocenters. The fraction of sp³-hybridized carbons (Fsp3) is 0.625. The smallest absolute Gasteiger partial charge is 0.0839 e. The van der Waals surface area contributed by atoms with Gasteiger partial charge in [0.2, 0.25) is 0 Å². The molecule has 1 rings (SSSR count). The molecule has 1 aromatic rings. The molecule has 2 N–H and O–H groups in total. The van der Waals surface area contributed by atoms with Crippen molar-refractivity contribution in [2.75, 3.05) is 7.11 Å². The van der Waals surface area contributed by atoms with Crippen LogP contribution in [0.4, 0.5) is 0 Å². The first-order chi connectivity index (χ1) is 8.42. The monoisotopic (exact) mass is 249 g/mol. The van der Waals surface area contributed by atoms with Crippen molar-refractivity contribution in [1.29, 1.82) is 0 Å². The van der Waals surface area contributed by atoms with Crippen LogP contribution in [0.5, 0.6) is 0 Å². The van der Waals surface area contributed by atoms with Crippen LogP contribution in [0.2, 0.25) is 0 Å². The van der Waals surface area contributed by atoms with E-state index in [1.54, 1.807) is 7.11 Å². The van der Waals surface area contributed by atoms with Gasteiger partial charge < -0.3 is 10.5 Å². The van der Waals surface area contributed by atoms with Crippen LogP contribution in [0.25, 0.3) is 0 Å². The van der Waals surface area contributed by atoms with Gasteiger partial charge in [-0.2, -0.15) is 0 Å². The molecule has 102 valence electrons. The molecule has 1 aromatic carbocycles. The molecule has 2 heteroatoms. The summed E-state index contributed by atoms with van der Waals surface area (Å²) in [6.07, 6.45) is 2.00. The largest absolute Gasteiger partial charge is 0.377 e. The third-order valence-corrected chi connectivity index (χ3v) is 3.78. The Morgan fingerprint density at radius 1 is 1.33 bits per heavy atom. The molecular formula is C16H27NO. The van der Waals surface area contributed by atoms with Gasteiger partial charge in [-0.05, 0) is 36.8 Å². The van der Waals surface area contributed by atoms with Gasteiger partial charge in [0.25, 0.3) is 0 Å². The van der Waals surface area contributed by atoms with Crippen molar-refractivity contribution in [3.05, 3.63) is 35.4 Å². The molecule has 2 atom stereocenters. The van der Waals surface area contributed by atoms with Gasteiger partial charge >= 0.3 is 0 Å². The quantitative estimate of drug-likeness (QED) is 0.834.